The average molecular weight is 391 g/mol. The van der Waals surface area contributed by atoms with Gasteiger partial charge in [0, 0.05) is 19.7 Å². The second-order valence-electron chi connectivity index (χ2n) is 5.84. The van der Waals surface area contributed by atoms with Gasteiger partial charge in [0.2, 0.25) is 15.9 Å². The van der Waals surface area contributed by atoms with E-state index in [1.807, 2.05) is 0 Å². The molecular weight excluding hydrogens is 370 g/mol. The van der Waals surface area contributed by atoms with Gasteiger partial charge in [0.25, 0.3) is 5.91 Å². The molecule has 2 N–H and O–H groups in total. The number of nitrogens with zero attached hydrogens (tertiary/aromatic N) is 1. The van der Waals surface area contributed by atoms with Crippen molar-refractivity contribution < 1.29 is 22.7 Å². The van der Waals surface area contributed by atoms with E-state index in [0.29, 0.717) is 5.75 Å². The Balaban J connectivity index is 1.98. The van der Waals surface area contributed by atoms with Crippen LogP contribution in [0.2, 0.25) is 0 Å². The minimum absolute atomic E-state index is 0.00953. The van der Waals surface area contributed by atoms with Gasteiger partial charge < -0.3 is 4.74 Å². The summed E-state index contributed by atoms with van der Waals surface area (Å²) >= 11 is 0. The molecule has 2 aromatic rings. The van der Waals surface area contributed by atoms with Crippen molar-refractivity contribution >= 4 is 21.8 Å². The van der Waals surface area contributed by atoms with Crippen molar-refractivity contribution in [1.82, 2.24) is 15.2 Å². The summed E-state index contributed by atoms with van der Waals surface area (Å²) in [6, 6.07) is 12.5. The van der Waals surface area contributed by atoms with Gasteiger partial charge in [-0.05, 0) is 35.9 Å². The topological polar surface area (TPSA) is 105 Å². The summed E-state index contributed by atoms with van der Waals surface area (Å²) in [6.45, 7) is 0. The molecule has 0 aliphatic rings. The van der Waals surface area contributed by atoms with Crippen LogP contribution in [0.4, 0.5) is 0 Å². The molecule has 2 amide bonds. The van der Waals surface area contributed by atoms with Gasteiger partial charge >= 0.3 is 0 Å². The number of carbonyl (C=O) groups is 2. The molecule has 0 radical (unpaired) electrons. The van der Waals surface area contributed by atoms with E-state index < -0.39 is 21.8 Å². The van der Waals surface area contributed by atoms with E-state index in [4.69, 9.17) is 4.74 Å². The molecule has 0 aliphatic carbocycles. The highest BCUT2D eigenvalue weighted by molar-refractivity contribution is 7.89. The molecule has 0 spiro atoms. The van der Waals surface area contributed by atoms with E-state index in [1.54, 1.807) is 31.4 Å². The third-order valence-electron chi connectivity index (χ3n) is 3.71. The monoisotopic (exact) mass is 391 g/mol. The van der Waals surface area contributed by atoms with Crippen molar-refractivity contribution in [3.8, 4) is 5.75 Å². The molecule has 144 valence electrons. The zero-order valence-electron chi connectivity index (χ0n) is 15.2. The summed E-state index contributed by atoms with van der Waals surface area (Å²) in [5, 5.41) is 0. The number of hydrogen-bond acceptors (Lipinski definition) is 5. The van der Waals surface area contributed by atoms with Crippen LogP contribution in [0.3, 0.4) is 0 Å². The molecule has 0 fully saturated rings. The number of nitrogens with one attached hydrogen (secondary N) is 2. The minimum atomic E-state index is -3.65. The maximum atomic E-state index is 12.2. The highest BCUT2D eigenvalue weighted by Gasteiger charge is 2.18. The molecule has 0 heterocycles. The maximum Gasteiger partial charge on any atom is 0.269 e. The summed E-state index contributed by atoms with van der Waals surface area (Å²) in [5.74, 6) is -0.348. The van der Waals surface area contributed by atoms with Crippen LogP contribution in [-0.2, 0) is 21.2 Å². The van der Waals surface area contributed by atoms with Crippen molar-refractivity contribution in [2.24, 2.45) is 0 Å². The van der Waals surface area contributed by atoms with Gasteiger partial charge in [0.1, 0.15) is 5.75 Å². The third kappa shape index (κ3) is 5.28. The highest BCUT2D eigenvalue weighted by atomic mass is 32.2. The Morgan fingerprint density at radius 3 is 2.30 bits per heavy atom. The molecule has 27 heavy (non-hydrogen) atoms. The van der Waals surface area contributed by atoms with Gasteiger partial charge in [-0.15, -0.1) is 0 Å². The molecule has 0 aromatic heterocycles. The van der Waals surface area contributed by atoms with E-state index >= 15 is 0 Å². The number of methoxy groups -OCH3 is 1. The smallest absolute Gasteiger partial charge is 0.269 e. The second kappa shape index (κ2) is 8.65. The Bertz CT molecular complexity index is 924. The second-order valence-corrected chi connectivity index (χ2v) is 7.99. The highest BCUT2D eigenvalue weighted by Crippen LogP contribution is 2.15. The van der Waals surface area contributed by atoms with Gasteiger partial charge in [0.05, 0.1) is 18.4 Å². The fourth-order valence-corrected chi connectivity index (χ4v) is 3.13. The van der Waals surface area contributed by atoms with Crippen molar-refractivity contribution in [1.29, 1.82) is 0 Å². The Hall–Kier alpha value is -2.91. The Labute approximate surface area is 158 Å². The first-order valence-corrected chi connectivity index (χ1v) is 9.42. The number of hydrogen-bond donors (Lipinski definition) is 2. The van der Waals surface area contributed by atoms with Gasteiger partial charge in [-0.2, -0.15) is 0 Å². The Kier molecular flexibility index (Phi) is 6.54. The lowest BCUT2D eigenvalue weighted by Gasteiger charge is -2.12. The van der Waals surface area contributed by atoms with Crippen LogP contribution < -0.4 is 15.6 Å². The molecule has 0 aliphatic heterocycles. The number of amides is 2. The quantitative estimate of drug-likeness (QED) is 0.714. The molecule has 2 aromatic carbocycles. The van der Waals surface area contributed by atoms with Gasteiger partial charge in [0.15, 0.2) is 0 Å². The van der Waals surface area contributed by atoms with Crippen molar-refractivity contribution in [2.45, 2.75) is 11.3 Å². The molecule has 8 nitrogen and oxygen atoms in total. The number of carbonyl (C=O) groups excluding carboxylic acids is 2. The summed E-state index contributed by atoms with van der Waals surface area (Å²) in [5.41, 5.74) is 5.45. The third-order valence-corrected chi connectivity index (χ3v) is 5.53. The van der Waals surface area contributed by atoms with E-state index in [9.17, 15) is 18.0 Å². The number of rotatable bonds is 6. The van der Waals surface area contributed by atoms with E-state index in [1.165, 1.54) is 38.4 Å². The fourth-order valence-electron chi connectivity index (χ4n) is 2.18. The van der Waals surface area contributed by atoms with Gasteiger partial charge in [-0.3, -0.25) is 20.4 Å². The number of benzene rings is 2. The van der Waals surface area contributed by atoms with Crippen LogP contribution in [0.5, 0.6) is 5.75 Å². The van der Waals surface area contributed by atoms with E-state index in [-0.39, 0.29) is 16.9 Å². The zero-order chi connectivity index (χ0) is 20.0. The number of sulfonamides is 1. The van der Waals surface area contributed by atoms with Crippen LogP contribution in [0.1, 0.15) is 15.9 Å². The molecule has 0 saturated heterocycles. The Morgan fingerprint density at radius 2 is 1.70 bits per heavy atom. The summed E-state index contributed by atoms with van der Waals surface area (Å²) in [4.78, 5) is 24.1. The molecule has 0 atom stereocenters. The van der Waals surface area contributed by atoms with Crippen LogP contribution in [0.15, 0.2) is 53.4 Å². The van der Waals surface area contributed by atoms with Crippen LogP contribution in [-0.4, -0.2) is 45.7 Å². The molecule has 2 rings (SSSR count). The minimum Gasteiger partial charge on any atom is -0.497 e. The lowest BCUT2D eigenvalue weighted by atomic mass is 10.1. The summed E-state index contributed by atoms with van der Waals surface area (Å²) in [7, 11) is 0.705. The maximum absolute atomic E-state index is 12.2. The van der Waals surface area contributed by atoms with E-state index in [2.05, 4.69) is 10.9 Å². The predicted molar refractivity (Wildman–Crippen MR) is 99.6 cm³/mol. The zero-order valence-corrected chi connectivity index (χ0v) is 16.0. The first-order valence-electron chi connectivity index (χ1n) is 7.98. The van der Waals surface area contributed by atoms with Crippen molar-refractivity contribution in [3.63, 3.8) is 0 Å². The lowest BCUT2D eigenvalue weighted by molar-refractivity contribution is -0.121. The van der Waals surface area contributed by atoms with E-state index in [0.717, 1.165) is 9.87 Å². The molecule has 0 unspecified atom stereocenters. The Morgan fingerprint density at radius 1 is 1.04 bits per heavy atom. The average Bonchev–Trinajstić information content (AvgIpc) is 2.66. The predicted octanol–water partition coefficient (Wildman–Crippen LogP) is 0.949. The molecule has 0 bridgehead atoms. The van der Waals surface area contributed by atoms with Gasteiger partial charge in [-0.25, -0.2) is 12.7 Å². The number of hydrazine groups is 1. The molecule has 0 saturated carbocycles. The SMILES string of the molecule is COc1ccc(CC(=O)NNC(=O)c2cccc(S(=O)(=O)N(C)C)c2)cc1. The molecule has 9 heteroatoms. The number of ether oxygens (including phenoxy) is 1. The molecular formula is C18H21N3O5S. The fraction of sp³-hybridized carbons (Fsp3) is 0.222. The van der Waals surface area contributed by atoms with Crippen molar-refractivity contribution in [2.75, 3.05) is 21.2 Å². The van der Waals surface area contributed by atoms with Crippen LogP contribution in [0.25, 0.3) is 0 Å². The van der Waals surface area contributed by atoms with Gasteiger partial charge in [-0.1, -0.05) is 18.2 Å². The lowest BCUT2D eigenvalue weighted by Crippen LogP contribution is -2.42. The first-order chi connectivity index (χ1) is 12.7. The standard InChI is InChI=1S/C18H21N3O5S/c1-21(2)27(24,25)16-6-4-5-14(12-16)18(23)20-19-17(22)11-13-7-9-15(26-3)10-8-13/h4-10,12H,11H2,1-3H3,(H,19,22)(H,20,23). The van der Waals surface area contributed by atoms with Crippen LogP contribution in [0, 0.1) is 0 Å². The first kappa shape index (κ1) is 20.4. The largest absolute Gasteiger partial charge is 0.497 e. The normalized spacial score (nSPS) is 11.1. The van der Waals surface area contributed by atoms with Crippen LogP contribution >= 0.6 is 0 Å². The van der Waals surface area contributed by atoms with Crippen molar-refractivity contribution in [3.05, 3.63) is 59.7 Å². The summed E-state index contributed by atoms with van der Waals surface area (Å²) < 4.78 is 30.4. The summed E-state index contributed by atoms with van der Waals surface area (Å²) in [6.07, 6.45) is 0.0688.